The van der Waals surface area contributed by atoms with E-state index < -0.39 is 0 Å². The van der Waals surface area contributed by atoms with Crippen LogP contribution in [-0.2, 0) is 9.53 Å². The summed E-state index contributed by atoms with van der Waals surface area (Å²) < 4.78 is 5.38. The lowest BCUT2D eigenvalue weighted by atomic mass is 9.76. The third-order valence-corrected chi connectivity index (χ3v) is 3.06. The summed E-state index contributed by atoms with van der Waals surface area (Å²) in [6.07, 6.45) is 1.75. The van der Waals surface area contributed by atoms with Crippen molar-refractivity contribution < 1.29 is 9.53 Å². The number of hydrogen-bond donors (Lipinski definition) is 1. The minimum Gasteiger partial charge on any atom is -0.370 e. The molecule has 0 unspecified atom stereocenters. The molecule has 14 heavy (non-hydrogen) atoms. The van der Waals surface area contributed by atoms with Crippen LogP contribution in [0.4, 0.5) is 0 Å². The quantitative estimate of drug-likeness (QED) is 0.640. The van der Waals surface area contributed by atoms with Gasteiger partial charge >= 0.3 is 0 Å². The summed E-state index contributed by atoms with van der Waals surface area (Å²) in [5.74, 6) is 0.323. The fraction of sp³-hybridized carbons (Fsp3) is 0.909. The third kappa shape index (κ3) is 1.98. The minimum atomic E-state index is -0.164. The minimum absolute atomic E-state index is 0.120. The SMILES string of the molecule is CC.C[C@@H]1OCC2(CCNCC2)C1=O. The fourth-order valence-corrected chi connectivity index (χ4v) is 2.16. The first-order valence-corrected chi connectivity index (χ1v) is 5.61. The number of ether oxygens (including phenoxy) is 1. The fourth-order valence-electron chi connectivity index (χ4n) is 2.16. The summed E-state index contributed by atoms with van der Waals surface area (Å²) >= 11 is 0. The lowest BCUT2D eigenvalue weighted by Gasteiger charge is -2.30. The normalized spacial score (nSPS) is 29.9. The highest BCUT2D eigenvalue weighted by Crippen LogP contribution is 2.36. The number of nitrogens with one attached hydrogen (secondary N) is 1. The molecule has 0 saturated carbocycles. The van der Waals surface area contributed by atoms with Crippen LogP contribution >= 0.6 is 0 Å². The standard InChI is InChI=1S/C9H15NO2.C2H6/c1-7-8(11)9(6-12-7)2-4-10-5-3-9;1-2/h7,10H,2-6H2,1H3;1-2H3/t7-;/m0./s1. The van der Waals surface area contributed by atoms with Gasteiger partial charge < -0.3 is 10.1 Å². The van der Waals surface area contributed by atoms with E-state index in [1.165, 1.54) is 0 Å². The number of carbonyl (C=O) groups excluding carboxylic acids is 1. The lowest BCUT2D eigenvalue weighted by Crippen LogP contribution is -2.42. The highest BCUT2D eigenvalue weighted by atomic mass is 16.5. The zero-order valence-electron chi connectivity index (χ0n) is 9.43. The molecule has 0 radical (unpaired) electrons. The maximum absolute atomic E-state index is 11.7. The van der Waals surface area contributed by atoms with Crippen molar-refractivity contribution in [1.29, 1.82) is 0 Å². The number of rotatable bonds is 0. The monoisotopic (exact) mass is 199 g/mol. The molecule has 2 heterocycles. The molecule has 0 aliphatic carbocycles. The largest absolute Gasteiger partial charge is 0.370 e. The van der Waals surface area contributed by atoms with E-state index in [1.807, 2.05) is 20.8 Å². The molecule has 0 aromatic carbocycles. The Labute approximate surface area is 86.2 Å². The molecule has 2 fully saturated rings. The van der Waals surface area contributed by atoms with Crippen LogP contribution in [0.25, 0.3) is 0 Å². The van der Waals surface area contributed by atoms with Gasteiger partial charge in [-0.2, -0.15) is 0 Å². The van der Waals surface area contributed by atoms with Gasteiger partial charge in [0.2, 0.25) is 0 Å². The van der Waals surface area contributed by atoms with Crippen molar-refractivity contribution in [2.24, 2.45) is 5.41 Å². The van der Waals surface area contributed by atoms with Crippen LogP contribution in [0.3, 0.4) is 0 Å². The maximum atomic E-state index is 11.7. The summed E-state index contributed by atoms with van der Waals surface area (Å²) in [6, 6.07) is 0. The molecule has 3 nitrogen and oxygen atoms in total. The molecule has 0 amide bonds. The Kier molecular flexibility index (Phi) is 4.08. The zero-order chi connectivity index (χ0) is 10.6. The first-order valence-electron chi connectivity index (χ1n) is 5.61. The van der Waals surface area contributed by atoms with E-state index in [0.29, 0.717) is 12.4 Å². The van der Waals surface area contributed by atoms with Gasteiger partial charge in [-0.15, -0.1) is 0 Å². The first kappa shape index (κ1) is 11.7. The van der Waals surface area contributed by atoms with Crippen LogP contribution < -0.4 is 5.32 Å². The average Bonchev–Trinajstić information content (AvgIpc) is 2.52. The second-order valence-corrected chi connectivity index (χ2v) is 3.85. The van der Waals surface area contributed by atoms with Crippen molar-refractivity contribution in [3.05, 3.63) is 0 Å². The predicted octanol–water partition coefficient (Wildman–Crippen LogP) is 1.37. The van der Waals surface area contributed by atoms with E-state index in [-0.39, 0.29) is 11.5 Å². The molecule has 1 spiro atoms. The number of hydrogen-bond acceptors (Lipinski definition) is 3. The van der Waals surface area contributed by atoms with Crippen molar-refractivity contribution in [3.63, 3.8) is 0 Å². The van der Waals surface area contributed by atoms with Crippen molar-refractivity contribution in [2.75, 3.05) is 19.7 Å². The van der Waals surface area contributed by atoms with Crippen LogP contribution in [0, 0.1) is 5.41 Å². The van der Waals surface area contributed by atoms with Gasteiger partial charge in [-0.1, -0.05) is 13.8 Å². The summed E-state index contributed by atoms with van der Waals surface area (Å²) in [5.41, 5.74) is -0.120. The van der Waals surface area contributed by atoms with Crippen LogP contribution in [0.1, 0.15) is 33.6 Å². The first-order chi connectivity index (χ1) is 6.75. The van der Waals surface area contributed by atoms with Crippen LogP contribution in [0.5, 0.6) is 0 Å². The molecule has 0 aromatic rings. The van der Waals surface area contributed by atoms with Gasteiger partial charge in [-0.05, 0) is 32.9 Å². The summed E-state index contributed by atoms with van der Waals surface area (Å²) in [7, 11) is 0. The molecule has 0 bridgehead atoms. The Morgan fingerprint density at radius 2 is 1.93 bits per heavy atom. The molecule has 2 saturated heterocycles. The second-order valence-electron chi connectivity index (χ2n) is 3.85. The average molecular weight is 199 g/mol. The van der Waals surface area contributed by atoms with E-state index in [0.717, 1.165) is 25.9 Å². The van der Waals surface area contributed by atoms with E-state index in [9.17, 15) is 4.79 Å². The molecule has 2 rings (SSSR count). The molecule has 3 heteroatoms. The highest BCUT2D eigenvalue weighted by molar-refractivity contribution is 5.90. The summed E-state index contributed by atoms with van der Waals surface area (Å²) in [5, 5.41) is 3.26. The van der Waals surface area contributed by atoms with E-state index >= 15 is 0 Å². The molecule has 1 atom stereocenters. The summed E-state index contributed by atoms with van der Waals surface area (Å²) in [6.45, 7) is 8.43. The maximum Gasteiger partial charge on any atom is 0.169 e. The topological polar surface area (TPSA) is 38.3 Å². The molecule has 2 aliphatic rings. The predicted molar refractivity (Wildman–Crippen MR) is 56.3 cm³/mol. The molecular weight excluding hydrogens is 178 g/mol. The van der Waals surface area contributed by atoms with Crippen LogP contribution in [0.2, 0.25) is 0 Å². The smallest absolute Gasteiger partial charge is 0.169 e. The van der Waals surface area contributed by atoms with Gasteiger partial charge in [0.25, 0.3) is 0 Å². The number of ketones is 1. The van der Waals surface area contributed by atoms with Crippen molar-refractivity contribution in [1.82, 2.24) is 5.32 Å². The van der Waals surface area contributed by atoms with Crippen LogP contribution in [0.15, 0.2) is 0 Å². The Hall–Kier alpha value is -0.410. The van der Waals surface area contributed by atoms with Gasteiger partial charge in [0.05, 0.1) is 12.0 Å². The molecule has 0 aromatic heterocycles. The Morgan fingerprint density at radius 3 is 2.36 bits per heavy atom. The van der Waals surface area contributed by atoms with E-state index in [4.69, 9.17) is 4.74 Å². The van der Waals surface area contributed by atoms with Gasteiger partial charge in [0.1, 0.15) is 6.10 Å². The van der Waals surface area contributed by atoms with Crippen molar-refractivity contribution in [2.45, 2.75) is 39.7 Å². The van der Waals surface area contributed by atoms with Crippen molar-refractivity contribution >= 4 is 5.78 Å². The van der Waals surface area contributed by atoms with Gasteiger partial charge in [-0.25, -0.2) is 0 Å². The molecule has 1 N–H and O–H groups in total. The number of piperidine rings is 1. The van der Waals surface area contributed by atoms with Gasteiger partial charge in [-0.3, -0.25) is 4.79 Å². The highest BCUT2D eigenvalue weighted by Gasteiger charge is 2.47. The lowest BCUT2D eigenvalue weighted by molar-refractivity contribution is -0.128. The number of carbonyl (C=O) groups is 1. The molecule has 82 valence electrons. The van der Waals surface area contributed by atoms with Gasteiger partial charge in [0.15, 0.2) is 5.78 Å². The zero-order valence-corrected chi connectivity index (χ0v) is 9.43. The van der Waals surface area contributed by atoms with E-state index in [2.05, 4.69) is 5.32 Å². The number of Topliss-reactive ketones (excluding diaryl/α,β-unsaturated/α-hetero) is 1. The Morgan fingerprint density at radius 1 is 1.36 bits per heavy atom. The summed E-state index contributed by atoms with van der Waals surface area (Å²) in [4.78, 5) is 11.7. The van der Waals surface area contributed by atoms with E-state index in [1.54, 1.807) is 0 Å². The van der Waals surface area contributed by atoms with Crippen LogP contribution in [-0.4, -0.2) is 31.6 Å². The molecule has 2 aliphatic heterocycles. The Bertz CT molecular complexity index is 192. The Balaban J connectivity index is 0.000000461. The second kappa shape index (κ2) is 4.89. The van der Waals surface area contributed by atoms with Gasteiger partial charge in [0, 0.05) is 0 Å². The van der Waals surface area contributed by atoms with Crippen molar-refractivity contribution in [3.8, 4) is 0 Å². The third-order valence-electron chi connectivity index (χ3n) is 3.06. The molecular formula is C11H21NO2.